The fourth-order valence-electron chi connectivity index (χ4n) is 3.43. The average molecular weight is 515 g/mol. The van der Waals surface area contributed by atoms with Crippen LogP contribution in [-0.4, -0.2) is 26.4 Å². The quantitative estimate of drug-likeness (QED) is 0.180. The summed E-state index contributed by atoms with van der Waals surface area (Å²) in [5.41, 5.74) is 6.60. The van der Waals surface area contributed by atoms with Crippen molar-refractivity contribution in [3.05, 3.63) is 81.6 Å². The summed E-state index contributed by atoms with van der Waals surface area (Å²) in [6.07, 6.45) is 3.95. The largest absolute Gasteiger partial charge is 0.489 e. The molecule has 2 N–H and O–H groups in total. The van der Waals surface area contributed by atoms with E-state index >= 15 is 0 Å². The lowest BCUT2D eigenvalue weighted by Crippen LogP contribution is -2.36. The number of anilines is 1. The Balaban J connectivity index is 0.00000210. The molecule has 9 heteroatoms. The maximum absolute atomic E-state index is 9.57. The van der Waals surface area contributed by atoms with Crippen LogP contribution in [0.3, 0.4) is 0 Å². The standard InChI is InChI=1S/C24H27ClN5O2S.C2H6/c1-5-21-17(12-26)10-19(11-22(21)25)24(2,3)18-6-8-20(9-7-18)32-15-16-13-27-23(28-14-16)29-30(4,31)33;1-2/h6-11,13-14,31,33H,5,15H2,1-4H3,(H,27,28,29);1-2H3/q+1;. The van der Waals surface area contributed by atoms with Crippen LogP contribution >= 0.6 is 24.4 Å². The highest BCUT2D eigenvalue weighted by Crippen LogP contribution is 2.36. The number of rotatable bonds is 8. The highest BCUT2D eigenvalue weighted by atomic mass is 35.5. The van der Waals surface area contributed by atoms with Gasteiger partial charge in [0, 0.05) is 28.4 Å². The summed E-state index contributed by atoms with van der Waals surface area (Å²) in [5, 5.41) is 19.7. The average Bonchev–Trinajstić information content (AvgIpc) is 2.83. The molecule has 3 rings (SSSR count). The van der Waals surface area contributed by atoms with Crippen molar-refractivity contribution in [1.82, 2.24) is 9.97 Å². The minimum absolute atomic E-state index is 0.247. The van der Waals surface area contributed by atoms with Crippen molar-refractivity contribution in [3.8, 4) is 11.8 Å². The lowest BCUT2D eigenvalue weighted by molar-refractivity contribution is -0.955. The second-order valence-electron chi connectivity index (χ2n) is 8.33. The predicted octanol–water partition coefficient (Wildman–Crippen LogP) is 6.50. The van der Waals surface area contributed by atoms with Crippen LogP contribution in [-0.2, 0) is 18.4 Å². The normalized spacial score (nSPS) is 12.6. The lowest BCUT2D eigenvalue weighted by Gasteiger charge is -2.27. The van der Waals surface area contributed by atoms with Crippen LogP contribution in [0.15, 0.2) is 48.8 Å². The molecule has 1 heterocycles. The van der Waals surface area contributed by atoms with E-state index in [4.69, 9.17) is 16.3 Å². The highest BCUT2D eigenvalue weighted by Gasteiger charge is 2.25. The van der Waals surface area contributed by atoms with Gasteiger partial charge in [0.05, 0.1) is 11.6 Å². The van der Waals surface area contributed by atoms with E-state index in [1.807, 2.05) is 57.2 Å². The van der Waals surface area contributed by atoms with Crippen LogP contribution in [0.4, 0.5) is 5.95 Å². The molecule has 1 atom stereocenters. The Bertz CT molecular complexity index is 1150. The SMILES string of the molecule is CC.CCc1c(Cl)cc(C(C)(C)c2ccc(OCc3cnc(N[N+](C)(O)S)nc3)cc2)cc1C#N. The number of ether oxygens (including phenoxy) is 1. The smallest absolute Gasteiger partial charge is 0.273 e. The Morgan fingerprint density at radius 1 is 1.14 bits per heavy atom. The third-order valence-electron chi connectivity index (χ3n) is 5.39. The van der Waals surface area contributed by atoms with E-state index in [9.17, 15) is 10.5 Å². The molecule has 35 heavy (non-hydrogen) atoms. The number of nitriles is 1. The summed E-state index contributed by atoms with van der Waals surface area (Å²) in [5.74, 6) is 0.959. The number of nitrogens with one attached hydrogen (secondary N) is 1. The van der Waals surface area contributed by atoms with E-state index in [0.717, 1.165) is 22.3 Å². The van der Waals surface area contributed by atoms with Crippen molar-refractivity contribution >= 4 is 30.4 Å². The molecule has 3 aromatic rings. The van der Waals surface area contributed by atoms with Crippen LogP contribution in [0.1, 0.15) is 62.4 Å². The predicted molar refractivity (Wildman–Crippen MR) is 142 cm³/mol. The van der Waals surface area contributed by atoms with Crippen molar-refractivity contribution in [3.63, 3.8) is 0 Å². The first-order chi connectivity index (χ1) is 16.5. The molecule has 0 aliphatic rings. The van der Waals surface area contributed by atoms with Gasteiger partial charge < -0.3 is 4.74 Å². The van der Waals surface area contributed by atoms with Gasteiger partial charge in [0.25, 0.3) is 5.95 Å². The number of quaternary nitrogens is 1. The van der Waals surface area contributed by atoms with Crippen LogP contribution in [0, 0.1) is 11.3 Å². The van der Waals surface area contributed by atoms with E-state index in [-0.39, 0.29) is 11.4 Å². The first kappa shape index (κ1) is 28.4. The Kier molecular flexibility index (Phi) is 9.92. The van der Waals surface area contributed by atoms with Gasteiger partial charge in [-0.2, -0.15) is 15.9 Å². The van der Waals surface area contributed by atoms with E-state index in [1.165, 1.54) is 7.05 Å². The maximum atomic E-state index is 9.57. The van der Waals surface area contributed by atoms with Crippen LogP contribution in [0.2, 0.25) is 5.02 Å². The summed E-state index contributed by atoms with van der Waals surface area (Å²) in [6, 6.07) is 14.0. The number of hydrogen-bond acceptors (Lipinski definition) is 7. The summed E-state index contributed by atoms with van der Waals surface area (Å²) >= 11 is 10.4. The van der Waals surface area contributed by atoms with Gasteiger partial charge in [-0.3, -0.25) is 0 Å². The summed E-state index contributed by atoms with van der Waals surface area (Å²) in [7, 11) is 1.42. The maximum Gasteiger partial charge on any atom is 0.273 e. The zero-order valence-corrected chi connectivity index (χ0v) is 22.7. The van der Waals surface area contributed by atoms with Gasteiger partial charge in [0.15, 0.2) is 0 Å². The zero-order valence-electron chi connectivity index (χ0n) is 21.0. The second kappa shape index (κ2) is 12.2. The molecule has 0 amide bonds. The summed E-state index contributed by atoms with van der Waals surface area (Å²) in [6.45, 7) is 10.5. The molecule has 7 nitrogen and oxygen atoms in total. The highest BCUT2D eigenvalue weighted by molar-refractivity contribution is 7.74. The molecule has 1 unspecified atom stereocenters. The molecule has 0 bridgehead atoms. The molecule has 0 fully saturated rings. The number of thiol groups is 1. The molecule has 0 aliphatic carbocycles. The van der Waals surface area contributed by atoms with Crippen molar-refractivity contribution < 1.29 is 14.1 Å². The topological polar surface area (TPSA) is 91.1 Å². The van der Waals surface area contributed by atoms with Gasteiger partial charge in [-0.25, -0.2) is 9.97 Å². The van der Waals surface area contributed by atoms with Gasteiger partial charge in [-0.15, -0.1) is 0 Å². The van der Waals surface area contributed by atoms with Crippen LogP contribution in [0.5, 0.6) is 5.75 Å². The van der Waals surface area contributed by atoms with Gasteiger partial charge in [-0.05, 0) is 51.5 Å². The van der Waals surface area contributed by atoms with E-state index < -0.39 is 4.16 Å². The van der Waals surface area contributed by atoms with Gasteiger partial charge in [-0.1, -0.05) is 58.4 Å². The molecular formula is C26H33ClN5O2S+. The number of aromatic nitrogens is 2. The molecule has 0 saturated heterocycles. The number of hydroxylamine groups is 1. The van der Waals surface area contributed by atoms with Gasteiger partial charge in [0.1, 0.15) is 32.2 Å². The van der Waals surface area contributed by atoms with Gasteiger partial charge >= 0.3 is 0 Å². The van der Waals surface area contributed by atoms with E-state index in [1.54, 1.807) is 12.4 Å². The monoisotopic (exact) mass is 514 g/mol. The Hall–Kier alpha value is -2.83. The van der Waals surface area contributed by atoms with Crippen molar-refractivity contribution in [1.29, 1.82) is 5.26 Å². The summed E-state index contributed by atoms with van der Waals surface area (Å²) in [4.78, 5) is 8.26. The Labute approximate surface area is 218 Å². The minimum Gasteiger partial charge on any atom is -0.489 e. The van der Waals surface area contributed by atoms with Crippen LogP contribution < -0.4 is 10.2 Å². The van der Waals surface area contributed by atoms with Crippen molar-refractivity contribution in [2.75, 3.05) is 12.5 Å². The minimum atomic E-state index is -0.772. The Morgan fingerprint density at radius 2 is 1.74 bits per heavy atom. The molecule has 0 spiro atoms. The molecule has 0 aliphatic heterocycles. The molecule has 0 saturated carbocycles. The van der Waals surface area contributed by atoms with Gasteiger partial charge in [0.2, 0.25) is 0 Å². The number of benzene rings is 2. The Morgan fingerprint density at radius 3 is 2.26 bits per heavy atom. The molecular weight excluding hydrogens is 482 g/mol. The fraction of sp³-hybridized carbons (Fsp3) is 0.346. The number of nitrogens with zero attached hydrogens (tertiary/aromatic N) is 4. The molecule has 2 aromatic carbocycles. The second-order valence-corrected chi connectivity index (χ2v) is 9.51. The first-order valence-electron chi connectivity index (χ1n) is 11.4. The lowest BCUT2D eigenvalue weighted by atomic mass is 9.77. The fourth-order valence-corrected chi connectivity index (χ4v) is 3.88. The van der Waals surface area contributed by atoms with Crippen molar-refractivity contribution in [2.45, 2.75) is 53.1 Å². The third-order valence-corrected chi connectivity index (χ3v) is 5.83. The molecule has 0 radical (unpaired) electrons. The molecule has 1 aromatic heterocycles. The third kappa shape index (κ3) is 7.58. The summed E-state index contributed by atoms with van der Waals surface area (Å²) < 4.78 is 5.09. The molecule has 186 valence electrons. The zero-order chi connectivity index (χ0) is 26.2. The number of hydrogen-bond donors (Lipinski definition) is 3. The van der Waals surface area contributed by atoms with E-state index in [0.29, 0.717) is 29.4 Å². The van der Waals surface area contributed by atoms with Crippen molar-refractivity contribution in [2.24, 2.45) is 0 Å². The van der Waals surface area contributed by atoms with Crippen LogP contribution in [0.25, 0.3) is 0 Å². The number of halogens is 1. The first-order valence-corrected chi connectivity index (χ1v) is 12.2. The van der Waals surface area contributed by atoms with E-state index in [2.05, 4.69) is 48.1 Å².